The molecule has 1 heterocycles. The molecular formula is C21H23N3O2S. The maximum Gasteiger partial charge on any atom is 0.319 e. The van der Waals surface area contributed by atoms with Crippen LogP contribution in [0.2, 0.25) is 0 Å². The van der Waals surface area contributed by atoms with Gasteiger partial charge in [-0.05, 0) is 31.0 Å². The van der Waals surface area contributed by atoms with Crippen LogP contribution in [-0.4, -0.2) is 11.0 Å². The van der Waals surface area contributed by atoms with E-state index in [1.807, 2.05) is 60.8 Å². The summed E-state index contributed by atoms with van der Waals surface area (Å²) in [6.07, 6.45) is 0.779. The van der Waals surface area contributed by atoms with Gasteiger partial charge in [0.05, 0.1) is 16.7 Å². The van der Waals surface area contributed by atoms with Gasteiger partial charge in [0.25, 0.3) is 0 Å². The van der Waals surface area contributed by atoms with Crippen molar-refractivity contribution >= 4 is 23.1 Å². The smallest absolute Gasteiger partial charge is 0.319 e. The largest absolute Gasteiger partial charge is 0.487 e. The van der Waals surface area contributed by atoms with Gasteiger partial charge in [-0.1, -0.05) is 43.3 Å². The van der Waals surface area contributed by atoms with Gasteiger partial charge in [0.15, 0.2) is 0 Å². The molecule has 3 aromatic rings. The van der Waals surface area contributed by atoms with E-state index in [9.17, 15) is 4.79 Å². The Labute approximate surface area is 163 Å². The highest BCUT2D eigenvalue weighted by atomic mass is 32.1. The fourth-order valence-electron chi connectivity index (χ4n) is 2.71. The van der Waals surface area contributed by atoms with Gasteiger partial charge in [0.2, 0.25) is 0 Å². The second-order valence-corrected chi connectivity index (χ2v) is 7.15. The maximum atomic E-state index is 12.5. The summed E-state index contributed by atoms with van der Waals surface area (Å²) < 4.78 is 5.74. The topological polar surface area (TPSA) is 63.2 Å². The van der Waals surface area contributed by atoms with Crippen molar-refractivity contribution in [1.82, 2.24) is 10.3 Å². The van der Waals surface area contributed by atoms with Gasteiger partial charge in [-0.3, -0.25) is 0 Å². The average molecular weight is 382 g/mol. The molecule has 6 heteroatoms. The first-order chi connectivity index (χ1) is 13.1. The van der Waals surface area contributed by atoms with Crippen molar-refractivity contribution in [3.05, 3.63) is 76.7 Å². The van der Waals surface area contributed by atoms with Crippen molar-refractivity contribution < 1.29 is 9.53 Å². The quantitative estimate of drug-likeness (QED) is 0.593. The Bertz CT molecular complexity index is 868. The molecule has 1 atom stereocenters. The van der Waals surface area contributed by atoms with Crippen LogP contribution in [0, 0.1) is 0 Å². The van der Waals surface area contributed by atoms with Crippen LogP contribution in [0.4, 0.5) is 10.5 Å². The summed E-state index contributed by atoms with van der Waals surface area (Å²) in [7, 11) is 0. The second kappa shape index (κ2) is 8.68. The summed E-state index contributed by atoms with van der Waals surface area (Å²) >= 11 is 1.54. The van der Waals surface area contributed by atoms with E-state index in [-0.39, 0.29) is 6.03 Å². The monoisotopic (exact) mass is 381 g/mol. The van der Waals surface area contributed by atoms with Crippen LogP contribution in [0.1, 0.15) is 31.5 Å². The molecule has 0 aliphatic rings. The van der Waals surface area contributed by atoms with Crippen LogP contribution in [0.5, 0.6) is 5.75 Å². The lowest BCUT2D eigenvalue weighted by Crippen LogP contribution is -2.45. The molecule has 0 saturated carbocycles. The van der Waals surface area contributed by atoms with Crippen LogP contribution in [0.15, 0.2) is 65.5 Å². The molecule has 5 nitrogen and oxygen atoms in total. The Morgan fingerprint density at radius 1 is 1.19 bits per heavy atom. The van der Waals surface area contributed by atoms with E-state index in [2.05, 4.69) is 22.5 Å². The zero-order valence-electron chi connectivity index (χ0n) is 15.4. The van der Waals surface area contributed by atoms with Gasteiger partial charge in [-0.2, -0.15) is 0 Å². The first kappa shape index (κ1) is 18.9. The SMILES string of the molecule is CCC(C)(NC(=O)Nc1cccc(OCc2cscn2)c1)c1ccccc1. The lowest BCUT2D eigenvalue weighted by Gasteiger charge is -2.30. The number of rotatable bonds is 7. The molecule has 0 aliphatic heterocycles. The number of benzene rings is 2. The number of nitrogens with zero attached hydrogens (tertiary/aromatic N) is 1. The first-order valence-corrected chi connectivity index (χ1v) is 9.78. The third kappa shape index (κ3) is 5.08. The Balaban J connectivity index is 1.62. The van der Waals surface area contributed by atoms with E-state index in [0.29, 0.717) is 18.0 Å². The lowest BCUT2D eigenvalue weighted by atomic mass is 9.89. The number of hydrogen-bond donors (Lipinski definition) is 2. The summed E-state index contributed by atoms with van der Waals surface area (Å²) in [4.78, 5) is 16.7. The van der Waals surface area contributed by atoms with Gasteiger partial charge >= 0.3 is 6.03 Å². The van der Waals surface area contributed by atoms with E-state index in [1.54, 1.807) is 11.6 Å². The molecule has 140 valence electrons. The molecule has 0 saturated heterocycles. The Hall–Kier alpha value is -2.86. The van der Waals surface area contributed by atoms with Gasteiger partial charge < -0.3 is 15.4 Å². The Morgan fingerprint density at radius 3 is 2.70 bits per heavy atom. The van der Waals surface area contributed by atoms with Crippen molar-refractivity contribution in [2.45, 2.75) is 32.4 Å². The number of aromatic nitrogens is 1. The number of amides is 2. The van der Waals surface area contributed by atoms with Crippen LogP contribution in [0.25, 0.3) is 0 Å². The minimum absolute atomic E-state index is 0.250. The van der Waals surface area contributed by atoms with Gasteiger partial charge in [0, 0.05) is 17.1 Å². The third-order valence-corrected chi connectivity index (χ3v) is 5.10. The second-order valence-electron chi connectivity index (χ2n) is 6.43. The molecule has 1 aromatic heterocycles. The standard InChI is InChI=1S/C21H23N3O2S/c1-3-21(2,16-8-5-4-6-9-16)24-20(25)23-17-10-7-11-19(12-17)26-13-18-14-27-15-22-18/h4-12,14-15H,3,13H2,1-2H3,(H2,23,24,25). The highest BCUT2D eigenvalue weighted by molar-refractivity contribution is 7.07. The number of thiazole rings is 1. The van der Waals surface area contributed by atoms with Crippen molar-refractivity contribution in [2.24, 2.45) is 0 Å². The first-order valence-electron chi connectivity index (χ1n) is 8.84. The van der Waals surface area contributed by atoms with Gasteiger partial charge in [-0.25, -0.2) is 9.78 Å². The minimum atomic E-state index is -0.440. The minimum Gasteiger partial charge on any atom is -0.487 e. The molecule has 1 unspecified atom stereocenters. The van der Waals surface area contributed by atoms with E-state index in [1.165, 1.54) is 11.3 Å². The van der Waals surface area contributed by atoms with Crippen LogP contribution >= 0.6 is 11.3 Å². The summed E-state index contributed by atoms with van der Waals surface area (Å²) in [6, 6.07) is 17.1. The lowest BCUT2D eigenvalue weighted by molar-refractivity contribution is 0.238. The molecule has 0 radical (unpaired) electrons. The fraction of sp³-hybridized carbons (Fsp3) is 0.238. The zero-order valence-corrected chi connectivity index (χ0v) is 16.3. The van der Waals surface area contributed by atoms with Crippen molar-refractivity contribution in [2.75, 3.05) is 5.32 Å². The van der Waals surface area contributed by atoms with E-state index in [0.717, 1.165) is 17.7 Å². The highest BCUT2D eigenvalue weighted by Crippen LogP contribution is 2.25. The molecule has 0 aliphatic carbocycles. The fourth-order valence-corrected chi connectivity index (χ4v) is 3.26. The van der Waals surface area contributed by atoms with Crippen LogP contribution in [-0.2, 0) is 12.1 Å². The van der Waals surface area contributed by atoms with Gasteiger partial charge in [0.1, 0.15) is 12.4 Å². The number of anilines is 1. The molecule has 0 fully saturated rings. The molecule has 2 aromatic carbocycles. The predicted octanol–water partition coefficient (Wildman–Crippen LogP) is 5.17. The summed E-state index contributed by atoms with van der Waals surface area (Å²) in [5.41, 5.74) is 3.97. The number of urea groups is 1. The Morgan fingerprint density at radius 2 is 2.00 bits per heavy atom. The number of nitrogens with one attached hydrogen (secondary N) is 2. The van der Waals surface area contributed by atoms with E-state index >= 15 is 0 Å². The van der Waals surface area contributed by atoms with Crippen molar-refractivity contribution in [1.29, 1.82) is 0 Å². The summed E-state index contributed by atoms with van der Waals surface area (Å²) in [5.74, 6) is 0.683. The number of carbonyl (C=O) groups excluding carboxylic acids is 1. The number of carbonyl (C=O) groups is 1. The molecule has 27 heavy (non-hydrogen) atoms. The predicted molar refractivity (Wildman–Crippen MR) is 109 cm³/mol. The summed E-state index contributed by atoms with van der Waals surface area (Å²) in [6.45, 7) is 4.48. The van der Waals surface area contributed by atoms with Crippen LogP contribution in [0.3, 0.4) is 0 Å². The van der Waals surface area contributed by atoms with Crippen LogP contribution < -0.4 is 15.4 Å². The summed E-state index contributed by atoms with van der Waals surface area (Å²) in [5, 5.41) is 7.92. The number of ether oxygens (including phenoxy) is 1. The molecule has 0 bridgehead atoms. The number of hydrogen-bond acceptors (Lipinski definition) is 4. The van der Waals surface area contributed by atoms with E-state index in [4.69, 9.17) is 4.74 Å². The van der Waals surface area contributed by atoms with Crippen molar-refractivity contribution in [3.8, 4) is 5.75 Å². The highest BCUT2D eigenvalue weighted by Gasteiger charge is 2.26. The third-order valence-electron chi connectivity index (χ3n) is 4.47. The van der Waals surface area contributed by atoms with Gasteiger partial charge in [-0.15, -0.1) is 11.3 Å². The molecule has 2 N–H and O–H groups in total. The normalized spacial score (nSPS) is 12.8. The average Bonchev–Trinajstić information content (AvgIpc) is 3.21. The molecule has 3 rings (SSSR count). The molecule has 2 amide bonds. The molecule has 0 spiro atoms. The zero-order chi connectivity index (χ0) is 19.1. The molecular weight excluding hydrogens is 358 g/mol. The Kier molecular flexibility index (Phi) is 6.08. The van der Waals surface area contributed by atoms with E-state index < -0.39 is 5.54 Å². The van der Waals surface area contributed by atoms with Crippen molar-refractivity contribution in [3.63, 3.8) is 0 Å². The maximum absolute atomic E-state index is 12.5.